The number of nitrogens with one attached hydrogen (secondary N) is 1. The minimum atomic E-state index is -0.0372. The highest BCUT2D eigenvalue weighted by atomic mass is 79.9. The summed E-state index contributed by atoms with van der Waals surface area (Å²) < 4.78 is 3.04. The van der Waals surface area contributed by atoms with Crippen molar-refractivity contribution < 1.29 is 4.79 Å². The largest absolute Gasteiger partial charge is 0.326 e. The zero-order valence-corrected chi connectivity index (χ0v) is 14.4. The molecule has 0 bridgehead atoms. The number of anilines is 1. The summed E-state index contributed by atoms with van der Waals surface area (Å²) in [5.74, 6) is -0.0372. The number of halogens is 1. The molecule has 23 heavy (non-hydrogen) atoms. The van der Waals surface area contributed by atoms with Crippen molar-refractivity contribution >= 4 is 54.9 Å². The van der Waals surface area contributed by atoms with Crippen LogP contribution >= 0.6 is 27.3 Å². The first-order chi connectivity index (χ1) is 11.2. The molecule has 0 atom stereocenters. The summed E-state index contributed by atoms with van der Waals surface area (Å²) in [6, 6.07) is 15.5. The van der Waals surface area contributed by atoms with Gasteiger partial charge in [0.25, 0.3) is 0 Å². The van der Waals surface area contributed by atoms with E-state index >= 15 is 0 Å². The summed E-state index contributed by atoms with van der Waals surface area (Å²) in [5, 5.41) is 4.92. The Balaban J connectivity index is 1.62. The van der Waals surface area contributed by atoms with Crippen LogP contribution in [0.2, 0.25) is 0 Å². The van der Waals surface area contributed by atoms with Crippen LogP contribution in [0.15, 0.2) is 58.4 Å². The fraction of sp³-hybridized carbons (Fsp3) is 0.0588. The maximum absolute atomic E-state index is 12.3. The Morgan fingerprint density at radius 3 is 2.78 bits per heavy atom. The van der Waals surface area contributed by atoms with Gasteiger partial charge in [-0.1, -0.05) is 28.1 Å². The molecule has 6 heteroatoms. The Bertz CT molecular complexity index is 1000. The second-order valence-electron chi connectivity index (χ2n) is 5.18. The number of rotatable bonds is 3. The molecular weight excluding hydrogens is 374 g/mol. The molecule has 114 valence electrons. The lowest BCUT2D eigenvalue weighted by Crippen LogP contribution is -2.15. The third-order valence-electron chi connectivity index (χ3n) is 3.59. The maximum atomic E-state index is 12.3. The van der Waals surface area contributed by atoms with Crippen molar-refractivity contribution in [3.8, 4) is 0 Å². The minimum Gasteiger partial charge on any atom is -0.326 e. The van der Waals surface area contributed by atoms with Gasteiger partial charge in [0.2, 0.25) is 5.91 Å². The number of carbonyl (C=O) groups excluding carboxylic acids is 1. The monoisotopic (exact) mass is 385 g/mol. The maximum Gasteiger partial charge on any atom is 0.230 e. The number of nitrogens with zero attached hydrogens (tertiary/aromatic N) is 2. The van der Waals surface area contributed by atoms with Gasteiger partial charge in [-0.15, -0.1) is 11.3 Å². The highest BCUT2D eigenvalue weighted by Crippen LogP contribution is 2.24. The molecule has 0 spiro atoms. The van der Waals surface area contributed by atoms with Gasteiger partial charge in [0, 0.05) is 21.2 Å². The molecule has 2 aromatic carbocycles. The fourth-order valence-corrected chi connectivity index (χ4v) is 3.72. The van der Waals surface area contributed by atoms with Gasteiger partial charge < -0.3 is 5.32 Å². The molecule has 0 radical (unpaired) electrons. The Kier molecular flexibility index (Phi) is 3.63. The molecule has 1 N–H and O–H groups in total. The predicted molar refractivity (Wildman–Crippen MR) is 97.1 cm³/mol. The zero-order valence-electron chi connectivity index (χ0n) is 12.0. The lowest BCUT2D eigenvalue weighted by Gasteiger charge is -2.05. The van der Waals surface area contributed by atoms with Crippen LogP contribution < -0.4 is 5.32 Å². The normalized spacial score (nSPS) is 11.2. The summed E-state index contributed by atoms with van der Waals surface area (Å²) in [5.41, 5.74) is 3.73. The van der Waals surface area contributed by atoms with Gasteiger partial charge in [-0.2, -0.15) is 0 Å². The van der Waals surface area contributed by atoms with E-state index in [-0.39, 0.29) is 5.91 Å². The summed E-state index contributed by atoms with van der Waals surface area (Å²) in [4.78, 5) is 17.8. The Morgan fingerprint density at radius 2 is 1.96 bits per heavy atom. The van der Waals surface area contributed by atoms with Gasteiger partial charge in [0.15, 0.2) is 4.96 Å². The number of benzene rings is 2. The van der Waals surface area contributed by atoms with E-state index < -0.39 is 0 Å². The van der Waals surface area contributed by atoms with E-state index in [0.717, 1.165) is 31.8 Å². The average molecular weight is 386 g/mol. The third kappa shape index (κ3) is 2.75. The van der Waals surface area contributed by atoms with Crippen LogP contribution in [0.3, 0.4) is 0 Å². The van der Waals surface area contributed by atoms with Crippen LogP contribution in [-0.4, -0.2) is 15.3 Å². The number of para-hydroxylation sites is 2. The van der Waals surface area contributed by atoms with Crippen LogP contribution in [0, 0.1) is 0 Å². The van der Waals surface area contributed by atoms with E-state index in [1.807, 2.05) is 53.9 Å². The van der Waals surface area contributed by atoms with E-state index in [0.29, 0.717) is 6.42 Å². The van der Waals surface area contributed by atoms with E-state index in [1.54, 1.807) is 11.3 Å². The molecule has 4 rings (SSSR count). The summed E-state index contributed by atoms with van der Waals surface area (Å²) in [6.45, 7) is 0. The third-order valence-corrected chi connectivity index (χ3v) is 4.99. The van der Waals surface area contributed by atoms with Crippen molar-refractivity contribution in [2.75, 3.05) is 5.32 Å². The van der Waals surface area contributed by atoms with Gasteiger partial charge in [0.1, 0.15) is 0 Å². The van der Waals surface area contributed by atoms with Gasteiger partial charge >= 0.3 is 0 Å². The quantitative estimate of drug-likeness (QED) is 0.564. The van der Waals surface area contributed by atoms with E-state index in [4.69, 9.17) is 0 Å². The summed E-state index contributed by atoms with van der Waals surface area (Å²) in [7, 11) is 0. The molecule has 2 heterocycles. The molecule has 0 aliphatic carbocycles. The molecule has 4 nitrogen and oxygen atoms in total. The molecule has 0 saturated carbocycles. The first kappa shape index (κ1) is 14.4. The van der Waals surface area contributed by atoms with Crippen LogP contribution in [0.1, 0.15) is 5.69 Å². The van der Waals surface area contributed by atoms with E-state index in [1.165, 1.54) is 0 Å². The number of hydrogen-bond acceptors (Lipinski definition) is 3. The lowest BCUT2D eigenvalue weighted by molar-refractivity contribution is -0.115. The lowest BCUT2D eigenvalue weighted by atomic mass is 10.2. The van der Waals surface area contributed by atoms with Crippen molar-refractivity contribution in [1.29, 1.82) is 0 Å². The SMILES string of the molecule is O=C(Cc1csc2nc3ccccc3n12)Nc1ccc(Br)cc1. The Morgan fingerprint density at radius 1 is 1.17 bits per heavy atom. The first-order valence-electron chi connectivity index (χ1n) is 7.10. The van der Waals surface area contributed by atoms with Crippen LogP contribution in [-0.2, 0) is 11.2 Å². The van der Waals surface area contributed by atoms with Gasteiger partial charge in [-0.25, -0.2) is 4.98 Å². The van der Waals surface area contributed by atoms with Crippen molar-refractivity contribution in [2.24, 2.45) is 0 Å². The van der Waals surface area contributed by atoms with E-state index in [9.17, 15) is 4.79 Å². The number of imidazole rings is 1. The molecule has 1 amide bonds. The molecule has 0 saturated heterocycles. The fourth-order valence-electron chi connectivity index (χ4n) is 2.56. The highest BCUT2D eigenvalue weighted by Gasteiger charge is 2.13. The topological polar surface area (TPSA) is 46.4 Å². The van der Waals surface area contributed by atoms with Crippen molar-refractivity contribution in [3.05, 3.63) is 64.1 Å². The van der Waals surface area contributed by atoms with Crippen LogP contribution in [0.5, 0.6) is 0 Å². The number of fused-ring (bicyclic) bond motifs is 3. The molecule has 0 aliphatic heterocycles. The van der Waals surface area contributed by atoms with Crippen molar-refractivity contribution in [1.82, 2.24) is 9.38 Å². The van der Waals surface area contributed by atoms with Crippen molar-refractivity contribution in [2.45, 2.75) is 6.42 Å². The van der Waals surface area contributed by atoms with Gasteiger partial charge in [-0.05, 0) is 36.4 Å². The molecule has 0 unspecified atom stereocenters. The first-order valence-corrected chi connectivity index (χ1v) is 8.77. The second-order valence-corrected chi connectivity index (χ2v) is 6.93. The number of carbonyl (C=O) groups is 1. The van der Waals surface area contributed by atoms with Crippen LogP contribution in [0.4, 0.5) is 5.69 Å². The number of aromatic nitrogens is 2. The Hall–Kier alpha value is -2.18. The van der Waals surface area contributed by atoms with Gasteiger partial charge in [0.05, 0.1) is 17.5 Å². The van der Waals surface area contributed by atoms with Crippen molar-refractivity contribution in [3.63, 3.8) is 0 Å². The molecular formula is C17H12BrN3OS. The molecule has 4 aromatic rings. The standard InChI is InChI=1S/C17H12BrN3OS/c18-11-5-7-12(8-6-11)19-16(22)9-13-10-23-17-20-14-3-1-2-4-15(14)21(13)17/h1-8,10H,9H2,(H,19,22). The minimum absolute atomic E-state index is 0.0372. The predicted octanol–water partition coefficient (Wildman–Crippen LogP) is 4.49. The average Bonchev–Trinajstić information content (AvgIpc) is 3.09. The molecule has 0 aliphatic rings. The molecule has 2 aromatic heterocycles. The van der Waals surface area contributed by atoms with Crippen LogP contribution in [0.25, 0.3) is 16.0 Å². The second kappa shape index (κ2) is 5.79. The summed E-state index contributed by atoms with van der Waals surface area (Å²) >= 11 is 4.94. The highest BCUT2D eigenvalue weighted by molar-refractivity contribution is 9.10. The number of amides is 1. The molecule has 0 fully saturated rings. The number of thiazole rings is 1. The van der Waals surface area contributed by atoms with E-state index in [2.05, 4.69) is 30.6 Å². The van der Waals surface area contributed by atoms with Gasteiger partial charge in [-0.3, -0.25) is 9.20 Å². The number of hydrogen-bond donors (Lipinski definition) is 1. The Labute approximate surface area is 144 Å². The smallest absolute Gasteiger partial charge is 0.230 e. The zero-order chi connectivity index (χ0) is 15.8. The summed E-state index contributed by atoms with van der Waals surface area (Å²) in [6.07, 6.45) is 0.316.